The number of carboxylic acid groups (broad SMARTS) is 1. The van der Waals surface area contributed by atoms with Crippen molar-refractivity contribution in [3.05, 3.63) is 89.5 Å². The molecule has 0 aliphatic heterocycles. The van der Waals surface area contributed by atoms with E-state index in [9.17, 15) is 22.7 Å². The Kier molecular flexibility index (Phi) is 6.11. The Balaban J connectivity index is 1.82. The molecule has 0 aliphatic carbocycles. The second kappa shape index (κ2) is 9.15. The predicted molar refractivity (Wildman–Crippen MR) is 140 cm³/mol. The molecule has 9 heteroatoms. The number of halogens is 1. The fraction of sp³-hybridized carbons (Fsp3) is 0.214. The quantitative estimate of drug-likeness (QED) is 0.293. The molecule has 0 amide bonds. The number of aryl methyl sites for hydroxylation is 2. The molecule has 0 bridgehead atoms. The lowest BCUT2D eigenvalue weighted by atomic mass is 9.99. The smallest absolute Gasteiger partial charge is 0.303 e. The second-order valence-corrected chi connectivity index (χ2v) is 11.2. The molecule has 2 aromatic heterocycles. The molecule has 0 unspecified atom stereocenters. The van der Waals surface area contributed by atoms with E-state index >= 15 is 0 Å². The molecule has 0 spiro atoms. The van der Waals surface area contributed by atoms with Crippen LogP contribution in [0, 0.1) is 12.7 Å². The zero-order chi connectivity index (χ0) is 26.5. The minimum Gasteiger partial charge on any atom is -0.481 e. The van der Waals surface area contributed by atoms with Crippen molar-refractivity contribution >= 4 is 37.8 Å². The normalized spacial score (nSPS) is 12.1. The third-order valence-electron chi connectivity index (χ3n) is 6.54. The summed E-state index contributed by atoms with van der Waals surface area (Å²) in [7, 11) is -3.96. The molecule has 1 N–H and O–H groups in total. The van der Waals surface area contributed by atoms with Gasteiger partial charge < -0.3 is 9.67 Å². The summed E-state index contributed by atoms with van der Waals surface area (Å²) in [5.74, 6) is -1.27. The summed E-state index contributed by atoms with van der Waals surface area (Å²) >= 11 is 0. The van der Waals surface area contributed by atoms with Gasteiger partial charge in [-0.3, -0.25) is 4.79 Å². The molecule has 0 saturated carbocycles. The van der Waals surface area contributed by atoms with Gasteiger partial charge in [0.2, 0.25) is 0 Å². The lowest BCUT2D eigenvalue weighted by Crippen LogP contribution is -2.14. The molecule has 0 aliphatic rings. The SMILES string of the molecule is Cc1ccc(S(=O)(=O)n2ncc3cc4c(cc32)c(CCC(=O)O)c(C(C)C)n4-c2ccc(F)cc2)cc1. The molecule has 0 saturated heterocycles. The van der Waals surface area contributed by atoms with Crippen LogP contribution in [0.15, 0.2) is 71.8 Å². The first-order valence-corrected chi connectivity index (χ1v) is 13.4. The van der Waals surface area contributed by atoms with Crippen LogP contribution in [-0.2, 0) is 21.2 Å². The van der Waals surface area contributed by atoms with Crippen LogP contribution in [0.1, 0.15) is 43.0 Å². The fourth-order valence-corrected chi connectivity index (χ4v) is 6.11. The molecule has 0 fully saturated rings. The molecule has 37 heavy (non-hydrogen) atoms. The molecule has 5 rings (SSSR count). The van der Waals surface area contributed by atoms with Gasteiger partial charge >= 0.3 is 5.97 Å². The van der Waals surface area contributed by atoms with Gasteiger partial charge in [-0.2, -0.15) is 17.6 Å². The molecular formula is C28H26FN3O4S. The second-order valence-electron chi connectivity index (χ2n) is 9.46. The summed E-state index contributed by atoms with van der Waals surface area (Å²) in [6.07, 6.45) is 1.69. The summed E-state index contributed by atoms with van der Waals surface area (Å²) in [4.78, 5) is 11.6. The standard InChI is InChI=1S/C28H26FN3O4S/c1-17(2)28-23(12-13-27(33)34)24-15-25-19(14-26(24)31(28)21-8-6-20(29)7-9-21)16-30-32(25)37(35,36)22-10-4-18(3)5-11-22/h4-11,14-17H,12-13H2,1-3H3,(H,33,34). The Morgan fingerprint density at radius 1 is 1.03 bits per heavy atom. The van der Waals surface area contributed by atoms with Crippen molar-refractivity contribution in [1.29, 1.82) is 0 Å². The first kappa shape index (κ1) is 24.7. The van der Waals surface area contributed by atoms with Crippen LogP contribution in [0.3, 0.4) is 0 Å². The van der Waals surface area contributed by atoms with Crippen LogP contribution in [-0.4, -0.2) is 33.2 Å². The Hall–Kier alpha value is -3.98. The number of aromatic nitrogens is 3. The number of carbonyl (C=O) groups is 1. The van der Waals surface area contributed by atoms with Crippen molar-refractivity contribution in [3.8, 4) is 5.69 Å². The molecule has 2 heterocycles. The number of hydrogen-bond acceptors (Lipinski definition) is 4. The first-order chi connectivity index (χ1) is 17.6. The van der Waals surface area contributed by atoms with Gasteiger partial charge in [-0.05, 0) is 73.4 Å². The van der Waals surface area contributed by atoms with E-state index in [0.717, 1.165) is 37.5 Å². The highest BCUT2D eigenvalue weighted by molar-refractivity contribution is 7.90. The third-order valence-corrected chi connectivity index (χ3v) is 8.15. The monoisotopic (exact) mass is 519 g/mol. The lowest BCUT2D eigenvalue weighted by molar-refractivity contribution is -0.136. The van der Waals surface area contributed by atoms with Gasteiger partial charge in [0, 0.05) is 28.6 Å². The molecule has 7 nitrogen and oxygen atoms in total. The van der Waals surface area contributed by atoms with Gasteiger partial charge in [0.05, 0.1) is 22.1 Å². The summed E-state index contributed by atoms with van der Waals surface area (Å²) in [5.41, 5.74) is 4.57. The van der Waals surface area contributed by atoms with E-state index in [1.165, 1.54) is 18.3 Å². The Bertz CT molecular complexity index is 1750. The summed E-state index contributed by atoms with van der Waals surface area (Å²) < 4.78 is 43.7. The van der Waals surface area contributed by atoms with Crippen molar-refractivity contribution in [1.82, 2.24) is 13.8 Å². The predicted octanol–water partition coefficient (Wildman–Crippen LogP) is 5.81. The van der Waals surface area contributed by atoms with Gasteiger partial charge in [0.25, 0.3) is 10.0 Å². The maximum atomic E-state index is 13.7. The minimum absolute atomic E-state index is 0.0112. The minimum atomic E-state index is -3.96. The summed E-state index contributed by atoms with van der Waals surface area (Å²) in [6.45, 7) is 5.91. The van der Waals surface area contributed by atoms with Gasteiger partial charge in [-0.15, -0.1) is 0 Å². The Labute approximate surface area is 213 Å². The highest BCUT2D eigenvalue weighted by Crippen LogP contribution is 2.37. The van der Waals surface area contributed by atoms with Gasteiger partial charge in [0.1, 0.15) is 5.82 Å². The number of hydrogen-bond donors (Lipinski definition) is 1. The average Bonchev–Trinajstić information content (AvgIpc) is 3.41. The number of rotatable bonds is 7. The van der Waals surface area contributed by atoms with Crippen LogP contribution in [0.5, 0.6) is 0 Å². The van der Waals surface area contributed by atoms with Crippen LogP contribution >= 0.6 is 0 Å². The number of nitrogens with zero attached hydrogens (tertiary/aromatic N) is 3. The van der Waals surface area contributed by atoms with E-state index in [2.05, 4.69) is 5.10 Å². The average molecular weight is 520 g/mol. The van der Waals surface area contributed by atoms with Gasteiger partial charge in [-0.1, -0.05) is 31.5 Å². The third kappa shape index (κ3) is 4.29. The highest BCUT2D eigenvalue weighted by Gasteiger charge is 2.25. The van der Waals surface area contributed by atoms with Crippen molar-refractivity contribution in [3.63, 3.8) is 0 Å². The number of benzene rings is 3. The van der Waals surface area contributed by atoms with Gasteiger partial charge in [0.15, 0.2) is 0 Å². The van der Waals surface area contributed by atoms with E-state index in [4.69, 9.17) is 0 Å². The first-order valence-electron chi connectivity index (χ1n) is 11.9. The number of fused-ring (bicyclic) bond motifs is 2. The molecule has 190 valence electrons. The van der Waals surface area contributed by atoms with Crippen LogP contribution in [0.4, 0.5) is 4.39 Å². The maximum Gasteiger partial charge on any atom is 0.303 e. The van der Waals surface area contributed by atoms with Crippen molar-refractivity contribution in [2.45, 2.75) is 44.4 Å². The van der Waals surface area contributed by atoms with Crippen LogP contribution in [0.25, 0.3) is 27.5 Å². The fourth-order valence-electron chi connectivity index (χ4n) is 4.84. The highest BCUT2D eigenvalue weighted by atomic mass is 32.2. The molecule has 3 aromatic carbocycles. The van der Waals surface area contributed by atoms with E-state index in [-0.39, 0.29) is 29.5 Å². The van der Waals surface area contributed by atoms with Crippen LogP contribution < -0.4 is 0 Å². The summed E-state index contributed by atoms with van der Waals surface area (Å²) in [6, 6.07) is 16.3. The Morgan fingerprint density at radius 3 is 2.32 bits per heavy atom. The lowest BCUT2D eigenvalue weighted by Gasteiger charge is -2.15. The molecule has 0 atom stereocenters. The van der Waals surface area contributed by atoms with Gasteiger partial charge in [-0.25, -0.2) is 4.39 Å². The van der Waals surface area contributed by atoms with E-state index in [1.807, 2.05) is 31.4 Å². The van der Waals surface area contributed by atoms with E-state index < -0.39 is 16.0 Å². The summed E-state index contributed by atoms with van der Waals surface area (Å²) in [5, 5.41) is 15.0. The number of carboxylic acids is 1. The largest absolute Gasteiger partial charge is 0.481 e. The topological polar surface area (TPSA) is 94.2 Å². The van der Waals surface area contributed by atoms with Crippen LogP contribution in [0.2, 0.25) is 0 Å². The maximum absolute atomic E-state index is 13.7. The van der Waals surface area contributed by atoms with E-state index in [0.29, 0.717) is 10.9 Å². The zero-order valence-corrected chi connectivity index (χ0v) is 21.5. The van der Waals surface area contributed by atoms with Crippen molar-refractivity contribution in [2.75, 3.05) is 0 Å². The zero-order valence-electron chi connectivity index (χ0n) is 20.6. The van der Waals surface area contributed by atoms with E-state index in [1.54, 1.807) is 42.5 Å². The molecule has 5 aromatic rings. The van der Waals surface area contributed by atoms with Crippen molar-refractivity contribution in [2.24, 2.45) is 0 Å². The Morgan fingerprint density at radius 2 is 1.70 bits per heavy atom. The molecular weight excluding hydrogens is 493 g/mol. The molecule has 0 radical (unpaired) electrons. The number of aliphatic carboxylic acids is 1. The van der Waals surface area contributed by atoms with Crippen molar-refractivity contribution < 1.29 is 22.7 Å².